The number of nitrogens with zero attached hydrogens (tertiary/aromatic N) is 1. The fourth-order valence-corrected chi connectivity index (χ4v) is 1.97. The van der Waals surface area contributed by atoms with Crippen LogP contribution in [0.5, 0.6) is 5.75 Å². The van der Waals surface area contributed by atoms with Gasteiger partial charge in [0.2, 0.25) is 0 Å². The first-order valence-electron chi connectivity index (χ1n) is 5.33. The normalized spacial score (nSPS) is 10.3. The highest BCUT2D eigenvalue weighted by Gasteiger charge is 2.20. The number of carbonyl (C=O) groups is 1. The first-order chi connectivity index (χ1) is 9.06. The average Bonchev–Trinajstić information content (AvgIpc) is 2.39. The van der Waals surface area contributed by atoms with E-state index in [1.165, 1.54) is 19.4 Å². The number of rotatable bonds is 3. The van der Waals surface area contributed by atoms with E-state index in [-0.39, 0.29) is 21.8 Å². The molecule has 0 aliphatic carbocycles. The summed E-state index contributed by atoms with van der Waals surface area (Å²) in [5.41, 5.74) is 5.07. The molecule has 2 rings (SSSR count). The number of amides is 1. The Balaban J connectivity index is 2.73. The summed E-state index contributed by atoms with van der Waals surface area (Å²) in [7, 11) is 1.44. The maximum atomic E-state index is 14.2. The Morgan fingerprint density at radius 2 is 2.16 bits per heavy atom. The van der Waals surface area contributed by atoms with Gasteiger partial charge in [-0.15, -0.1) is 0 Å². The number of halogens is 2. The minimum atomic E-state index is -0.868. The molecule has 0 radical (unpaired) electrons. The lowest BCUT2D eigenvalue weighted by atomic mass is 10.1. The van der Waals surface area contributed by atoms with Crippen LogP contribution in [-0.2, 0) is 0 Å². The summed E-state index contributed by atoms with van der Waals surface area (Å²) in [5.74, 6) is -1.32. The molecule has 1 aromatic carbocycles. The molecule has 2 aromatic rings. The van der Waals surface area contributed by atoms with E-state index in [0.29, 0.717) is 5.75 Å². The Morgan fingerprint density at radius 1 is 1.42 bits per heavy atom. The van der Waals surface area contributed by atoms with Gasteiger partial charge in [0.25, 0.3) is 5.91 Å². The molecule has 0 saturated carbocycles. The van der Waals surface area contributed by atoms with Gasteiger partial charge in [-0.25, -0.2) is 4.39 Å². The van der Waals surface area contributed by atoms with Gasteiger partial charge in [-0.3, -0.25) is 9.78 Å². The van der Waals surface area contributed by atoms with E-state index < -0.39 is 11.7 Å². The van der Waals surface area contributed by atoms with Crippen LogP contribution in [-0.4, -0.2) is 18.0 Å². The highest BCUT2D eigenvalue weighted by Crippen LogP contribution is 2.36. The summed E-state index contributed by atoms with van der Waals surface area (Å²) >= 11 is 6.04. The van der Waals surface area contributed by atoms with Gasteiger partial charge in [0.05, 0.1) is 23.3 Å². The second-order valence-corrected chi connectivity index (χ2v) is 4.11. The SMILES string of the molecule is COc1cccc(Cl)c1-c1nccc(C(N)=O)c1F. The van der Waals surface area contributed by atoms with E-state index in [1.54, 1.807) is 18.2 Å². The number of aromatic nitrogens is 1. The number of hydrogen-bond donors (Lipinski definition) is 1. The molecule has 0 saturated heterocycles. The summed E-state index contributed by atoms with van der Waals surface area (Å²) in [4.78, 5) is 15.0. The molecule has 0 spiro atoms. The maximum Gasteiger partial charge on any atom is 0.251 e. The van der Waals surface area contributed by atoms with Crippen molar-refractivity contribution in [1.82, 2.24) is 4.98 Å². The van der Waals surface area contributed by atoms with Crippen molar-refractivity contribution in [2.45, 2.75) is 0 Å². The molecule has 0 unspecified atom stereocenters. The number of pyridine rings is 1. The van der Waals surface area contributed by atoms with Gasteiger partial charge in [-0.1, -0.05) is 17.7 Å². The van der Waals surface area contributed by atoms with Crippen LogP contribution in [0.25, 0.3) is 11.3 Å². The zero-order chi connectivity index (χ0) is 14.0. The Hall–Kier alpha value is -2.14. The van der Waals surface area contributed by atoms with Crippen LogP contribution in [0.15, 0.2) is 30.5 Å². The van der Waals surface area contributed by atoms with Crippen molar-refractivity contribution >= 4 is 17.5 Å². The monoisotopic (exact) mass is 280 g/mol. The minimum Gasteiger partial charge on any atom is -0.496 e. The topological polar surface area (TPSA) is 65.2 Å². The van der Waals surface area contributed by atoms with Crippen LogP contribution in [0.4, 0.5) is 4.39 Å². The molecular formula is C13H10ClFN2O2. The molecule has 98 valence electrons. The van der Waals surface area contributed by atoms with Crippen LogP contribution in [0, 0.1) is 5.82 Å². The first kappa shape index (κ1) is 13.3. The summed E-state index contributed by atoms with van der Waals surface area (Å²) in [6.07, 6.45) is 1.29. The lowest BCUT2D eigenvalue weighted by Gasteiger charge is -2.11. The van der Waals surface area contributed by atoms with Crippen molar-refractivity contribution in [2.75, 3.05) is 7.11 Å². The second-order valence-electron chi connectivity index (χ2n) is 3.70. The van der Waals surface area contributed by atoms with Crippen LogP contribution >= 0.6 is 11.6 Å². The van der Waals surface area contributed by atoms with Gasteiger partial charge in [-0.05, 0) is 18.2 Å². The quantitative estimate of drug-likeness (QED) is 0.940. The maximum absolute atomic E-state index is 14.2. The van der Waals surface area contributed by atoms with Crippen molar-refractivity contribution in [3.63, 3.8) is 0 Å². The first-order valence-corrected chi connectivity index (χ1v) is 5.71. The van der Waals surface area contributed by atoms with Gasteiger partial charge < -0.3 is 10.5 Å². The zero-order valence-electron chi connectivity index (χ0n) is 9.98. The second kappa shape index (κ2) is 5.24. The Bertz CT molecular complexity index is 647. The molecule has 0 aliphatic heterocycles. The van der Waals surface area contributed by atoms with E-state index in [0.717, 1.165) is 0 Å². The lowest BCUT2D eigenvalue weighted by Crippen LogP contribution is -2.14. The van der Waals surface area contributed by atoms with Crippen molar-refractivity contribution in [3.05, 3.63) is 46.9 Å². The predicted molar refractivity (Wildman–Crippen MR) is 69.7 cm³/mol. The van der Waals surface area contributed by atoms with E-state index in [4.69, 9.17) is 22.1 Å². The molecule has 6 heteroatoms. The van der Waals surface area contributed by atoms with Gasteiger partial charge in [0.1, 0.15) is 11.4 Å². The standard InChI is InChI=1S/C13H10ClFN2O2/c1-19-9-4-2-3-8(14)10(9)12-11(15)7(13(16)18)5-6-17-12/h2-6H,1H3,(H2,16,18). The summed E-state index contributed by atoms with van der Waals surface area (Å²) < 4.78 is 19.4. The van der Waals surface area contributed by atoms with Gasteiger partial charge in [0, 0.05) is 6.20 Å². The number of methoxy groups -OCH3 is 1. The predicted octanol–water partition coefficient (Wildman–Crippen LogP) is 2.65. The number of primary amides is 1. The minimum absolute atomic E-state index is 0.0706. The van der Waals surface area contributed by atoms with E-state index in [9.17, 15) is 9.18 Å². The van der Waals surface area contributed by atoms with Gasteiger partial charge in [-0.2, -0.15) is 0 Å². The Morgan fingerprint density at radius 3 is 2.79 bits per heavy atom. The highest BCUT2D eigenvalue weighted by atomic mass is 35.5. The summed E-state index contributed by atoms with van der Waals surface area (Å²) in [6.45, 7) is 0. The zero-order valence-corrected chi connectivity index (χ0v) is 10.7. The van der Waals surface area contributed by atoms with Crippen molar-refractivity contribution in [1.29, 1.82) is 0 Å². The van der Waals surface area contributed by atoms with Gasteiger partial charge >= 0.3 is 0 Å². The molecule has 0 bridgehead atoms. The molecular weight excluding hydrogens is 271 g/mol. The summed E-state index contributed by atoms with van der Waals surface area (Å²) in [5, 5.41) is 0.271. The molecule has 4 nitrogen and oxygen atoms in total. The highest BCUT2D eigenvalue weighted by molar-refractivity contribution is 6.33. The fraction of sp³-hybridized carbons (Fsp3) is 0.0769. The third-order valence-electron chi connectivity index (χ3n) is 2.59. The van der Waals surface area contributed by atoms with Crippen molar-refractivity contribution in [2.24, 2.45) is 5.73 Å². The van der Waals surface area contributed by atoms with Crippen LogP contribution in [0.3, 0.4) is 0 Å². The number of nitrogens with two attached hydrogens (primary N) is 1. The Kier molecular flexibility index (Phi) is 3.66. The molecule has 0 atom stereocenters. The lowest BCUT2D eigenvalue weighted by molar-refractivity contribution is 0.0996. The molecule has 19 heavy (non-hydrogen) atoms. The van der Waals surface area contributed by atoms with Crippen LogP contribution in [0.1, 0.15) is 10.4 Å². The molecule has 0 aliphatic rings. The van der Waals surface area contributed by atoms with E-state index in [1.807, 2.05) is 0 Å². The molecule has 1 heterocycles. The molecule has 1 aromatic heterocycles. The smallest absolute Gasteiger partial charge is 0.251 e. The van der Waals surface area contributed by atoms with Crippen molar-refractivity contribution < 1.29 is 13.9 Å². The number of benzene rings is 1. The van der Waals surface area contributed by atoms with E-state index in [2.05, 4.69) is 4.98 Å². The van der Waals surface area contributed by atoms with Crippen LogP contribution in [0.2, 0.25) is 5.02 Å². The third-order valence-corrected chi connectivity index (χ3v) is 2.90. The largest absolute Gasteiger partial charge is 0.496 e. The third kappa shape index (κ3) is 2.37. The van der Waals surface area contributed by atoms with Crippen LogP contribution < -0.4 is 10.5 Å². The summed E-state index contributed by atoms with van der Waals surface area (Å²) in [6, 6.07) is 6.09. The molecule has 0 fully saturated rings. The number of ether oxygens (including phenoxy) is 1. The molecule has 1 amide bonds. The molecule has 2 N–H and O–H groups in total. The van der Waals surface area contributed by atoms with E-state index >= 15 is 0 Å². The average molecular weight is 281 g/mol. The number of carbonyl (C=O) groups excluding carboxylic acids is 1. The fourth-order valence-electron chi connectivity index (χ4n) is 1.71. The van der Waals surface area contributed by atoms with Crippen molar-refractivity contribution in [3.8, 4) is 17.0 Å². The number of hydrogen-bond acceptors (Lipinski definition) is 3. The Labute approximate surface area is 114 Å². The van der Waals surface area contributed by atoms with Gasteiger partial charge in [0.15, 0.2) is 5.82 Å².